The number of amides is 1. The smallest absolute Gasteiger partial charge is 0.416 e. The van der Waals surface area contributed by atoms with Crippen LogP contribution in [0, 0.1) is 0 Å². The monoisotopic (exact) mass is 423 g/mol. The fraction of sp³-hybridized carbons (Fsp3) is 0.409. The summed E-state index contributed by atoms with van der Waals surface area (Å²) >= 11 is 0. The second-order valence-electron chi connectivity index (χ2n) is 7.23. The van der Waals surface area contributed by atoms with Crippen LogP contribution < -0.4 is 9.47 Å². The summed E-state index contributed by atoms with van der Waals surface area (Å²) in [5, 5.41) is 0. The van der Waals surface area contributed by atoms with Crippen molar-refractivity contribution in [1.29, 1.82) is 0 Å². The third kappa shape index (κ3) is 4.80. The summed E-state index contributed by atoms with van der Waals surface area (Å²) in [6.45, 7) is 2.11. The molecule has 0 saturated carbocycles. The molecule has 0 radical (unpaired) electrons. The number of carbonyl (C=O) groups is 1. The zero-order chi connectivity index (χ0) is 21.9. The molecule has 1 heterocycles. The van der Waals surface area contributed by atoms with Crippen molar-refractivity contribution in [3.63, 3.8) is 0 Å². The van der Waals surface area contributed by atoms with E-state index in [9.17, 15) is 18.0 Å². The SMILES string of the molecule is COc1ccc(CCC(C)N2C[C@@H](c3cccc(C(F)(F)F)c3)OC2=O)cc1OC. The van der Waals surface area contributed by atoms with Crippen LogP contribution in [0.4, 0.5) is 18.0 Å². The molecule has 1 amide bonds. The van der Waals surface area contributed by atoms with E-state index in [0.717, 1.165) is 17.7 Å². The van der Waals surface area contributed by atoms with Crippen molar-refractivity contribution in [3.8, 4) is 11.5 Å². The van der Waals surface area contributed by atoms with Crippen molar-refractivity contribution in [1.82, 2.24) is 4.90 Å². The first-order valence-corrected chi connectivity index (χ1v) is 9.58. The molecule has 1 unspecified atom stereocenters. The van der Waals surface area contributed by atoms with E-state index in [2.05, 4.69) is 0 Å². The van der Waals surface area contributed by atoms with Gasteiger partial charge in [-0.05, 0) is 55.2 Å². The predicted octanol–water partition coefficient (Wildman–Crippen LogP) is 5.24. The highest BCUT2D eigenvalue weighted by molar-refractivity contribution is 5.70. The van der Waals surface area contributed by atoms with E-state index in [1.807, 2.05) is 25.1 Å². The van der Waals surface area contributed by atoms with Crippen LogP contribution in [0.1, 0.15) is 36.1 Å². The maximum Gasteiger partial charge on any atom is 0.416 e. The Morgan fingerprint density at radius 2 is 1.87 bits per heavy atom. The predicted molar refractivity (Wildman–Crippen MR) is 105 cm³/mol. The van der Waals surface area contributed by atoms with Crippen LogP contribution in [0.25, 0.3) is 0 Å². The average Bonchev–Trinajstić information content (AvgIpc) is 3.13. The molecule has 0 aliphatic carbocycles. The first kappa shape index (κ1) is 21.8. The van der Waals surface area contributed by atoms with Gasteiger partial charge in [-0.2, -0.15) is 13.2 Å². The molecule has 1 saturated heterocycles. The molecule has 0 bridgehead atoms. The van der Waals surface area contributed by atoms with Crippen molar-refractivity contribution < 1.29 is 32.2 Å². The number of rotatable bonds is 7. The third-order valence-electron chi connectivity index (χ3n) is 5.26. The number of alkyl halides is 3. The number of carbonyl (C=O) groups excluding carboxylic acids is 1. The molecule has 3 rings (SSSR count). The van der Waals surface area contributed by atoms with Gasteiger partial charge in [-0.3, -0.25) is 0 Å². The fourth-order valence-electron chi connectivity index (χ4n) is 3.50. The number of hydrogen-bond acceptors (Lipinski definition) is 4. The van der Waals surface area contributed by atoms with Crippen molar-refractivity contribution in [3.05, 3.63) is 59.2 Å². The Morgan fingerprint density at radius 1 is 1.13 bits per heavy atom. The maximum absolute atomic E-state index is 13.0. The van der Waals surface area contributed by atoms with E-state index in [1.54, 1.807) is 25.2 Å². The van der Waals surface area contributed by atoms with Crippen LogP contribution in [0.2, 0.25) is 0 Å². The van der Waals surface area contributed by atoms with Crippen LogP contribution in [0.5, 0.6) is 11.5 Å². The van der Waals surface area contributed by atoms with E-state index < -0.39 is 23.9 Å². The average molecular weight is 423 g/mol. The first-order valence-electron chi connectivity index (χ1n) is 9.58. The van der Waals surface area contributed by atoms with E-state index in [1.165, 1.54) is 6.07 Å². The molecule has 8 heteroatoms. The van der Waals surface area contributed by atoms with Crippen LogP contribution in [0.3, 0.4) is 0 Å². The lowest BCUT2D eigenvalue weighted by Gasteiger charge is -2.22. The summed E-state index contributed by atoms with van der Waals surface area (Å²) in [5.41, 5.74) is 0.616. The van der Waals surface area contributed by atoms with Gasteiger partial charge in [0.15, 0.2) is 11.5 Å². The van der Waals surface area contributed by atoms with Gasteiger partial charge in [-0.25, -0.2) is 4.79 Å². The Balaban J connectivity index is 1.64. The molecular formula is C22H24F3NO4. The lowest BCUT2D eigenvalue weighted by atomic mass is 10.0. The molecule has 1 fully saturated rings. The Labute approximate surface area is 173 Å². The van der Waals surface area contributed by atoms with Gasteiger partial charge in [0.05, 0.1) is 26.3 Å². The van der Waals surface area contributed by atoms with Gasteiger partial charge >= 0.3 is 12.3 Å². The zero-order valence-electron chi connectivity index (χ0n) is 17.0. The summed E-state index contributed by atoms with van der Waals surface area (Å²) in [4.78, 5) is 13.9. The second-order valence-corrected chi connectivity index (χ2v) is 7.23. The number of aryl methyl sites for hydroxylation is 1. The van der Waals surface area contributed by atoms with E-state index in [0.29, 0.717) is 29.9 Å². The number of methoxy groups -OCH3 is 2. The molecule has 30 heavy (non-hydrogen) atoms. The molecule has 0 spiro atoms. The largest absolute Gasteiger partial charge is 0.493 e. The quantitative estimate of drug-likeness (QED) is 0.611. The molecule has 0 N–H and O–H groups in total. The zero-order valence-corrected chi connectivity index (χ0v) is 17.0. The second kappa shape index (κ2) is 8.85. The number of nitrogens with zero attached hydrogens (tertiary/aromatic N) is 1. The maximum atomic E-state index is 13.0. The highest BCUT2D eigenvalue weighted by Crippen LogP contribution is 2.34. The Bertz CT molecular complexity index is 900. The number of ether oxygens (including phenoxy) is 3. The van der Waals surface area contributed by atoms with Gasteiger partial charge in [-0.15, -0.1) is 0 Å². The Kier molecular flexibility index (Phi) is 6.43. The van der Waals surface area contributed by atoms with Gasteiger partial charge < -0.3 is 19.1 Å². The first-order chi connectivity index (χ1) is 14.2. The van der Waals surface area contributed by atoms with E-state index >= 15 is 0 Å². The highest BCUT2D eigenvalue weighted by atomic mass is 19.4. The van der Waals surface area contributed by atoms with Crippen molar-refractivity contribution in [2.45, 2.75) is 38.1 Å². The van der Waals surface area contributed by atoms with Crippen LogP contribution >= 0.6 is 0 Å². The lowest BCUT2D eigenvalue weighted by Crippen LogP contribution is -2.34. The number of cyclic esters (lactones) is 1. The summed E-state index contributed by atoms with van der Waals surface area (Å²) in [7, 11) is 3.14. The van der Waals surface area contributed by atoms with Crippen molar-refractivity contribution >= 4 is 6.09 Å². The Morgan fingerprint density at radius 3 is 2.53 bits per heavy atom. The molecule has 2 aromatic rings. The normalized spacial score (nSPS) is 17.6. The minimum Gasteiger partial charge on any atom is -0.493 e. The number of halogens is 3. The summed E-state index contributed by atoms with van der Waals surface area (Å²) < 4.78 is 54.8. The van der Waals surface area contributed by atoms with Gasteiger partial charge in [0.1, 0.15) is 6.10 Å². The summed E-state index contributed by atoms with van der Waals surface area (Å²) in [5.74, 6) is 1.27. The van der Waals surface area contributed by atoms with Crippen LogP contribution in [0.15, 0.2) is 42.5 Å². The standard InChI is InChI=1S/C22H24F3NO4/c1-14(7-8-15-9-10-18(28-2)19(11-15)29-3)26-13-20(30-21(26)27)16-5-4-6-17(12-16)22(23,24)25/h4-6,9-12,14,20H,7-8,13H2,1-3H3/t14?,20-/m0/s1. The number of hydrogen-bond donors (Lipinski definition) is 0. The van der Waals surface area contributed by atoms with Gasteiger partial charge in [0.25, 0.3) is 0 Å². The molecule has 162 valence electrons. The molecule has 1 aliphatic heterocycles. The summed E-state index contributed by atoms with van der Waals surface area (Å²) in [6.07, 6.45) is -4.31. The van der Waals surface area contributed by atoms with Gasteiger partial charge in [-0.1, -0.05) is 18.2 Å². The van der Waals surface area contributed by atoms with E-state index in [-0.39, 0.29) is 12.6 Å². The van der Waals surface area contributed by atoms with Crippen molar-refractivity contribution in [2.24, 2.45) is 0 Å². The molecule has 5 nitrogen and oxygen atoms in total. The molecule has 2 atom stereocenters. The fourth-order valence-corrected chi connectivity index (χ4v) is 3.50. The molecule has 1 aliphatic rings. The van der Waals surface area contributed by atoms with Crippen LogP contribution in [-0.4, -0.2) is 37.8 Å². The lowest BCUT2D eigenvalue weighted by molar-refractivity contribution is -0.137. The van der Waals surface area contributed by atoms with Gasteiger partial charge in [0.2, 0.25) is 0 Å². The topological polar surface area (TPSA) is 48.0 Å². The Hall–Kier alpha value is -2.90. The molecule has 2 aromatic carbocycles. The van der Waals surface area contributed by atoms with Gasteiger partial charge in [0, 0.05) is 6.04 Å². The van der Waals surface area contributed by atoms with Crippen molar-refractivity contribution in [2.75, 3.05) is 20.8 Å². The number of benzene rings is 2. The molecular weight excluding hydrogens is 399 g/mol. The van der Waals surface area contributed by atoms with Crippen LogP contribution in [-0.2, 0) is 17.3 Å². The highest BCUT2D eigenvalue weighted by Gasteiger charge is 2.37. The van der Waals surface area contributed by atoms with E-state index in [4.69, 9.17) is 14.2 Å². The minimum absolute atomic E-state index is 0.138. The third-order valence-corrected chi connectivity index (χ3v) is 5.26. The minimum atomic E-state index is -4.44. The summed E-state index contributed by atoms with van der Waals surface area (Å²) in [6, 6.07) is 10.4. The molecule has 0 aromatic heterocycles.